The monoisotopic (exact) mass is 429 g/mol. The average molecular weight is 430 g/mol. The number of aryl methyl sites for hydroxylation is 1. The van der Waals surface area contributed by atoms with E-state index in [4.69, 9.17) is 9.15 Å². The Hall–Kier alpha value is -3.18. The van der Waals surface area contributed by atoms with Gasteiger partial charge in [0, 0.05) is 18.0 Å². The molecule has 4 nitrogen and oxygen atoms in total. The molecule has 5 rings (SSSR count). The van der Waals surface area contributed by atoms with Crippen LogP contribution in [0, 0.1) is 0 Å². The Morgan fingerprint density at radius 1 is 1.16 bits per heavy atom. The van der Waals surface area contributed by atoms with Gasteiger partial charge in [-0.15, -0.1) is 0 Å². The number of hydrogen-bond acceptors (Lipinski definition) is 4. The molecule has 0 amide bonds. The SMILES string of the molecule is CCC(=Cc1oc2ccc3ccccc3c2[n+]1C)C=C1Sc2ccc(OC)cc2N1C. The van der Waals surface area contributed by atoms with Gasteiger partial charge >= 0.3 is 5.89 Å². The summed E-state index contributed by atoms with van der Waals surface area (Å²) in [5.74, 6) is 1.73. The summed E-state index contributed by atoms with van der Waals surface area (Å²) in [6, 6.07) is 18.8. The second kappa shape index (κ2) is 7.82. The van der Waals surface area contributed by atoms with Crippen molar-refractivity contribution in [1.82, 2.24) is 0 Å². The number of allylic oxidation sites excluding steroid dienone is 2. The molecular weight excluding hydrogens is 404 g/mol. The molecule has 0 radical (unpaired) electrons. The largest absolute Gasteiger partial charge is 0.497 e. The third kappa shape index (κ3) is 3.39. The Bertz CT molecular complexity index is 1370. The second-order valence-corrected chi connectivity index (χ2v) is 8.75. The molecule has 0 saturated carbocycles. The average Bonchev–Trinajstić information content (AvgIpc) is 3.29. The number of oxazole rings is 1. The number of thioether (sulfide) groups is 1. The maximum absolute atomic E-state index is 6.24. The van der Waals surface area contributed by atoms with Gasteiger partial charge in [0.05, 0.1) is 29.3 Å². The molecule has 0 spiro atoms. The fourth-order valence-electron chi connectivity index (χ4n) is 4.04. The first-order valence-corrected chi connectivity index (χ1v) is 11.2. The van der Waals surface area contributed by atoms with Crippen LogP contribution in [0.4, 0.5) is 5.69 Å². The maximum atomic E-state index is 6.24. The number of hydrogen-bond donors (Lipinski definition) is 0. The summed E-state index contributed by atoms with van der Waals surface area (Å²) < 4.78 is 13.8. The van der Waals surface area contributed by atoms with Crippen molar-refractivity contribution >= 4 is 45.4 Å². The van der Waals surface area contributed by atoms with Crippen LogP contribution in [0.1, 0.15) is 19.2 Å². The lowest BCUT2D eigenvalue weighted by atomic mass is 10.1. The van der Waals surface area contributed by atoms with Crippen LogP contribution in [0.5, 0.6) is 5.75 Å². The lowest BCUT2D eigenvalue weighted by Gasteiger charge is -2.14. The van der Waals surface area contributed by atoms with Crippen LogP contribution in [0.25, 0.3) is 27.9 Å². The van der Waals surface area contributed by atoms with Gasteiger partial charge in [0.15, 0.2) is 0 Å². The number of methoxy groups -OCH3 is 1. The first-order chi connectivity index (χ1) is 15.1. The first-order valence-electron chi connectivity index (χ1n) is 10.4. The number of aromatic nitrogens is 1. The van der Waals surface area contributed by atoms with E-state index < -0.39 is 0 Å². The van der Waals surface area contributed by atoms with E-state index in [1.54, 1.807) is 18.9 Å². The molecule has 0 bridgehead atoms. The first kappa shape index (κ1) is 19.8. The predicted molar refractivity (Wildman–Crippen MR) is 129 cm³/mol. The minimum atomic E-state index is 0.852. The fraction of sp³-hybridized carbons (Fsp3) is 0.192. The quantitative estimate of drug-likeness (QED) is 0.356. The highest BCUT2D eigenvalue weighted by atomic mass is 32.2. The molecule has 0 atom stereocenters. The van der Waals surface area contributed by atoms with E-state index in [9.17, 15) is 0 Å². The van der Waals surface area contributed by atoms with Crippen LogP contribution >= 0.6 is 11.8 Å². The summed E-state index contributed by atoms with van der Waals surface area (Å²) in [6.45, 7) is 2.18. The number of ether oxygens (including phenoxy) is 1. The third-order valence-electron chi connectivity index (χ3n) is 5.84. The van der Waals surface area contributed by atoms with Crippen LogP contribution in [-0.4, -0.2) is 14.2 Å². The molecule has 0 unspecified atom stereocenters. The standard InChI is InChI=1S/C26H25N2O2S/c1-5-17(15-25-27(2)21-16-19(29-4)11-13-23(21)31-25)14-24-28(3)26-20-9-7-6-8-18(20)10-12-22(26)30-24/h6-16H,5H2,1-4H3/q+1. The number of nitrogens with zero attached hydrogens (tertiary/aromatic N) is 2. The normalized spacial score (nSPS) is 15.3. The highest BCUT2D eigenvalue weighted by molar-refractivity contribution is 8.03. The predicted octanol–water partition coefficient (Wildman–Crippen LogP) is 6.30. The second-order valence-electron chi connectivity index (χ2n) is 7.68. The molecule has 0 N–H and O–H groups in total. The Labute approximate surface area is 186 Å². The van der Waals surface area contributed by atoms with Gasteiger partial charge < -0.3 is 14.1 Å². The van der Waals surface area contributed by atoms with Gasteiger partial charge in [-0.2, -0.15) is 4.57 Å². The summed E-state index contributed by atoms with van der Waals surface area (Å²) in [6.07, 6.45) is 5.32. The number of anilines is 1. The minimum Gasteiger partial charge on any atom is -0.497 e. The molecule has 0 aliphatic carbocycles. The lowest BCUT2D eigenvalue weighted by molar-refractivity contribution is -0.651. The van der Waals surface area contributed by atoms with Crippen molar-refractivity contribution in [3.63, 3.8) is 0 Å². The lowest BCUT2D eigenvalue weighted by Crippen LogP contribution is -2.29. The minimum absolute atomic E-state index is 0.852. The zero-order chi connectivity index (χ0) is 21.5. The van der Waals surface area contributed by atoms with Crippen molar-refractivity contribution < 1.29 is 13.7 Å². The maximum Gasteiger partial charge on any atom is 0.374 e. The van der Waals surface area contributed by atoms with Gasteiger partial charge in [0.25, 0.3) is 5.52 Å². The molecule has 1 aliphatic heterocycles. The van der Waals surface area contributed by atoms with E-state index in [0.717, 1.165) is 29.2 Å². The summed E-state index contributed by atoms with van der Waals surface area (Å²) in [7, 11) is 5.88. The van der Waals surface area contributed by atoms with Crippen molar-refractivity contribution in [3.05, 3.63) is 77.2 Å². The van der Waals surface area contributed by atoms with Gasteiger partial charge in [0.2, 0.25) is 5.58 Å². The van der Waals surface area contributed by atoms with Crippen LogP contribution in [0.15, 0.2) is 80.6 Å². The van der Waals surface area contributed by atoms with Gasteiger partial charge in [-0.05, 0) is 47.7 Å². The molecule has 0 fully saturated rings. The van der Waals surface area contributed by atoms with Gasteiger partial charge in [-0.3, -0.25) is 0 Å². The van der Waals surface area contributed by atoms with E-state index in [1.807, 2.05) is 6.07 Å². The zero-order valence-corrected chi connectivity index (χ0v) is 19.0. The van der Waals surface area contributed by atoms with Crippen molar-refractivity contribution in [2.45, 2.75) is 18.2 Å². The van der Waals surface area contributed by atoms with Crippen molar-refractivity contribution in [1.29, 1.82) is 0 Å². The topological polar surface area (TPSA) is 29.5 Å². The number of benzene rings is 3. The molecule has 0 saturated heterocycles. The molecular formula is C26H25N2O2S+. The number of rotatable bonds is 4. The molecule has 31 heavy (non-hydrogen) atoms. The van der Waals surface area contributed by atoms with E-state index in [0.29, 0.717) is 0 Å². The molecule has 1 aromatic heterocycles. The molecule has 5 heteroatoms. The van der Waals surface area contributed by atoms with Crippen LogP contribution in [-0.2, 0) is 7.05 Å². The van der Waals surface area contributed by atoms with Crippen LogP contribution < -0.4 is 14.2 Å². The molecule has 3 aromatic carbocycles. The van der Waals surface area contributed by atoms with Crippen molar-refractivity contribution in [2.75, 3.05) is 19.1 Å². The van der Waals surface area contributed by atoms with E-state index >= 15 is 0 Å². The summed E-state index contributed by atoms with van der Waals surface area (Å²) in [5, 5.41) is 3.62. The summed E-state index contributed by atoms with van der Waals surface area (Å²) >= 11 is 1.78. The smallest absolute Gasteiger partial charge is 0.374 e. The Morgan fingerprint density at radius 2 is 2.00 bits per heavy atom. The number of fused-ring (bicyclic) bond motifs is 4. The van der Waals surface area contributed by atoms with Crippen molar-refractivity contribution in [2.24, 2.45) is 7.05 Å². The Morgan fingerprint density at radius 3 is 2.81 bits per heavy atom. The van der Waals surface area contributed by atoms with Crippen molar-refractivity contribution in [3.8, 4) is 5.75 Å². The Kier molecular flexibility index (Phi) is 4.98. The zero-order valence-electron chi connectivity index (χ0n) is 18.2. The summed E-state index contributed by atoms with van der Waals surface area (Å²) in [5.41, 5.74) is 4.42. The van der Waals surface area contributed by atoms with E-state index in [2.05, 4.69) is 91.2 Å². The van der Waals surface area contributed by atoms with E-state index in [1.165, 1.54) is 32.0 Å². The molecule has 4 aromatic rings. The van der Waals surface area contributed by atoms with Gasteiger partial charge in [0.1, 0.15) is 12.8 Å². The highest BCUT2D eigenvalue weighted by Gasteiger charge is 2.24. The van der Waals surface area contributed by atoms with Gasteiger partial charge in [-0.1, -0.05) is 43.0 Å². The summed E-state index contributed by atoms with van der Waals surface area (Å²) in [4.78, 5) is 3.46. The molecule has 1 aliphatic rings. The highest BCUT2D eigenvalue weighted by Crippen LogP contribution is 2.46. The molecule has 156 valence electrons. The van der Waals surface area contributed by atoms with E-state index in [-0.39, 0.29) is 0 Å². The molecule has 2 heterocycles. The Balaban J connectivity index is 1.55. The third-order valence-corrected chi connectivity index (χ3v) is 7.01. The fourth-order valence-corrected chi connectivity index (χ4v) is 5.15. The van der Waals surface area contributed by atoms with Gasteiger partial charge in [-0.25, -0.2) is 0 Å². The van der Waals surface area contributed by atoms with Crippen LogP contribution in [0.2, 0.25) is 0 Å². The van der Waals surface area contributed by atoms with Crippen LogP contribution in [0.3, 0.4) is 0 Å².